The molecule has 1 unspecified atom stereocenters. The minimum atomic E-state index is -0.606. The first-order valence-electron chi connectivity index (χ1n) is 15.2. The van der Waals surface area contributed by atoms with E-state index in [2.05, 4.69) is 31.9 Å². The van der Waals surface area contributed by atoms with Crippen molar-refractivity contribution in [2.45, 2.75) is 44.8 Å². The van der Waals surface area contributed by atoms with Crippen LogP contribution in [0, 0.1) is 11.9 Å². The molecule has 0 amide bonds. The number of H-pyrrole nitrogens is 1. The highest BCUT2D eigenvalue weighted by Crippen LogP contribution is 2.47. The molecular formula is C35H32ClFN4O4. The Morgan fingerprint density at radius 3 is 2.51 bits per heavy atom. The molecule has 0 bridgehead atoms. The zero-order valence-corrected chi connectivity index (χ0v) is 25.5. The molecule has 0 radical (unpaired) electrons. The number of allylic oxidation sites excluding steroid dienone is 1. The Morgan fingerprint density at radius 2 is 1.84 bits per heavy atom. The molecule has 3 aromatic carbocycles. The van der Waals surface area contributed by atoms with Crippen molar-refractivity contribution in [1.29, 1.82) is 0 Å². The van der Waals surface area contributed by atoms with Crippen LogP contribution in [0.1, 0.15) is 72.8 Å². The van der Waals surface area contributed by atoms with Gasteiger partial charge in [-0.1, -0.05) is 59.6 Å². The summed E-state index contributed by atoms with van der Waals surface area (Å²) in [6, 6.07) is 19.8. The van der Waals surface area contributed by atoms with Crippen LogP contribution in [0.4, 0.5) is 4.39 Å². The molecule has 2 aliphatic rings. The summed E-state index contributed by atoms with van der Waals surface area (Å²) in [5, 5.41) is 9.02. The van der Waals surface area contributed by atoms with Gasteiger partial charge in [0, 0.05) is 6.61 Å². The van der Waals surface area contributed by atoms with Crippen molar-refractivity contribution < 1.29 is 18.4 Å². The van der Waals surface area contributed by atoms with Gasteiger partial charge in [-0.25, -0.2) is 9.48 Å². The SMILES string of the molecule is COc1ccc(/C(=C(/c2ccc(C=Cc3noc(=O)[nH]3)cc2)c2ccc3c(c2)c(F)nn3C2CCCCO2)C2CCC2)c(Cl)c1. The quantitative estimate of drug-likeness (QED) is 0.175. The largest absolute Gasteiger partial charge is 0.497 e. The molecule has 1 saturated carbocycles. The number of aromatic amines is 1. The summed E-state index contributed by atoms with van der Waals surface area (Å²) in [6.07, 6.45) is 9.28. The number of hydrogen-bond donors (Lipinski definition) is 1. The third-order valence-corrected chi connectivity index (χ3v) is 9.03. The Morgan fingerprint density at radius 1 is 1.02 bits per heavy atom. The van der Waals surface area contributed by atoms with E-state index in [-0.39, 0.29) is 12.1 Å². The van der Waals surface area contributed by atoms with E-state index in [4.69, 9.17) is 21.1 Å². The molecule has 1 N–H and O–H groups in total. The van der Waals surface area contributed by atoms with Crippen LogP contribution in [-0.4, -0.2) is 33.6 Å². The maximum atomic E-state index is 15.5. The number of fused-ring (bicyclic) bond motifs is 1. The molecule has 1 atom stereocenters. The summed E-state index contributed by atoms with van der Waals surface area (Å²) >= 11 is 6.93. The summed E-state index contributed by atoms with van der Waals surface area (Å²) in [5.74, 6) is 0.183. The van der Waals surface area contributed by atoms with Crippen LogP contribution in [0.2, 0.25) is 5.02 Å². The third-order valence-electron chi connectivity index (χ3n) is 8.72. The number of nitrogens with zero attached hydrogens (tertiary/aromatic N) is 3. The van der Waals surface area contributed by atoms with E-state index in [1.807, 2.05) is 54.6 Å². The van der Waals surface area contributed by atoms with Crippen LogP contribution in [-0.2, 0) is 4.74 Å². The predicted octanol–water partition coefficient (Wildman–Crippen LogP) is 8.14. The van der Waals surface area contributed by atoms with E-state index in [0.29, 0.717) is 34.1 Å². The van der Waals surface area contributed by atoms with E-state index in [1.165, 1.54) is 0 Å². The van der Waals surface area contributed by atoms with Gasteiger partial charge in [-0.3, -0.25) is 9.51 Å². The van der Waals surface area contributed by atoms with Crippen molar-refractivity contribution in [2.24, 2.45) is 5.92 Å². The van der Waals surface area contributed by atoms with Crippen LogP contribution >= 0.6 is 11.6 Å². The predicted molar refractivity (Wildman–Crippen MR) is 172 cm³/mol. The van der Waals surface area contributed by atoms with E-state index >= 15 is 4.39 Å². The lowest BCUT2D eigenvalue weighted by atomic mass is 9.73. The molecule has 1 saturated heterocycles. The standard InChI is InChI=1S/C35H32ClFN4O4/c1-43-25-14-15-26(28(36)20-25)33(22-5-4-6-22)32(23-11-8-21(9-12-23)10-17-30-38-35(42)45-40-30)24-13-16-29-27(19-24)34(37)39-41(29)31-7-2-3-18-44-31/h8-17,19-20,22,31H,2-7,18H2,1H3,(H,38,40,42)/b17-10?,33-32-. The minimum absolute atomic E-state index is 0.272. The summed E-state index contributed by atoms with van der Waals surface area (Å²) < 4.78 is 33.2. The van der Waals surface area contributed by atoms with Crippen molar-refractivity contribution in [2.75, 3.05) is 13.7 Å². The number of rotatable bonds is 8. The Hall–Kier alpha value is -4.47. The van der Waals surface area contributed by atoms with Gasteiger partial charge >= 0.3 is 5.76 Å². The summed E-state index contributed by atoms with van der Waals surface area (Å²) in [6.45, 7) is 0.647. The second-order valence-corrected chi connectivity index (χ2v) is 11.9. The average Bonchev–Trinajstić information content (AvgIpc) is 3.61. The molecule has 5 aromatic rings. The zero-order chi connectivity index (χ0) is 30.9. The highest BCUT2D eigenvalue weighted by molar-refractivity contribution is 6.33. The fourth-order valence-electron chi connectivity index (χ4n) is 6.22. The van der Waals surface area contributed by atoms with E-state index < -0.39 is 11.7 Å². The van der Waals surface area contributed by atoms with Crippen LogP contribution in [0.5, 0.6) is 5.75 Å². The number of hydrogen-bond acceptors (Lipinski definition) is 6. The van der Waals surface area contributed by atoms with Gasteiger partial charge in [0.2, 0.25) is 5.95 Å². The van der Waals surface area contributed by atoms with E-state index in [0.717, 1.165) is 71.9 Å². The second kappa shape index (κ2) is 12.5. The van der Waals surface area contributed by atoms with Gasteiger partial charge in [0.15, 0.2) is 12.1 Å². The number of methoxy groups -OCH3 is 1. The Bertz CT molecular complexity index is 1960. The van der Waals surface area contributed by atoms with E-state index in [1.54, 1.807) is 17.9 Å². The first kappa shape index (κ1) is 29.3. The third kappa shape index (κ3) is 5.85. The first-order valence-corrected chi connectivity index (χ1v) is 15.6. The van der Waals surface area contributed by atoms with Crippen molar-refractivity contribution >= 4 is 45.8 Å². The van der Waals surface area contributed by atoms with E-state index in [9.17, 15) is 4.79 Å². The monoisotopic (exact) mass is 626 g/mol. The fraction of sp³-hybridized carbons (Fsp3) is 0.286. The number of aromatic nitrogens is 4. The van der Waals surface area contributed by atoms with Crippen molar-refractivity contribution in [3.63, 3.8) is 0 Å². The topological polar surface area (TPSA) is 95.2 Å². The molecular weight excluding hydrogens is 595 g/mol. The maximum absolute atomic E-state index is 15.5. The molecule has 0 spiro atoms. The van der Waals surface area contributed by atoms with Gasteiger partial charge in [0.05, 0.1) is 23.0 Å². The number of benzene rings is 3. The van der Waals surface area contributed by atoms with Crippen molar-refractivity contribution in [3.8, 4) is 5.75 Å². The summed E-state index contributed by atoms with van der Waals surface area (Å²) in [4.78, 5) is 13.8. The number of halogens is 2. The number of nitrogens with one attached hydrogen (secondary N) is 1. The molecule has 8 nitrogen and oxygen atoms in total. The maximum Gasteiger partial charge on any atom is 0.439 e. The molecule has 45 heavy (non-hydrogen) atoms. The molecule has 3 heterocycles. The molecule has 10 heteroatoms. The second-order valence-electron chi connectivity index (χ2n) is 11.5. The first-order chi connectivity index (χ1) is 22.0. The molecule has 1 aliphatic heterocycles. The summed E-state index contributed by atoms with van der Waals surface area (Å²) in [5.41, 5.74) is 6.52. The summed E-state index contributed by atoms with van der Waals surface area (Å²) in [7, 11) is 1.62. The van der Waals surface area contributed by atoms with Crippen molar-refractivity contribution in [3.05, 3.63) is 110 Å². The van der Waals surface area contributed by atoms with Crippen LogP contribution in [0.15, 0.2) is 70.0 Å². The van der Waals surface area contributed by atoms with Crippen LogP contribution in [0.25, 0.3) is 34.2 Å². The lowest BCUT2D eigenvalue weighted by Gasteiger charge is -2.32. The highest BCUT2D eigenvalue weighted by Gasteiger charge is 2.29. The van der Waals surface area contributed by atoms with Gasteiger partial charge in [0.1, 0.15) is 5.75 Å². The van der Waals surface area contributed by atoms with Crippen LogP contribution < -0.4 is 10.5 Å². The fourth-order valence-corrected chi connectivity index (χ4v) is 6.49. The van der Waals surface area contributed by atoms with Gasteiger partial charge in [-0.2, -0.15) is 4.39 Å². The van der Waals surface area contributed by atoms with Gasteiger partial charge in [0.25, 0.3) is 0 Å². The van der Waals surface area contributed by atoms with Gasteiger partial charge in [-0.05, 0) is 108 Å². The average molecular weight is 627 g/mol. The molecule has 2 fully saturated rings. The Kier molecular flexibility index (Phi) is 8.12. The molecule has 230 valence electrons. The zero-order valence-electron chi connectivity index (χ0n) is 24.8. The smallest absolute Gasteiger partial charge is 0.439 e. The van der Waals surface area contributed by atoms with Crippen LogP contribution in [0.3, 0.4) is 0 Å². The number of ether oxygens (including phenoxy) is 2. The lowest BCUT2D eigenvalue weighted by Crippen LogP contribution is -2.19. The lowest BCUT2D eigenvalue weighted by molar-refractivity contribution is -0.0375. The molecule has 2 aromatic heterocycles. The Labute approximate surface area is 264 Å². The van der Waals surface area contributed by atoms with Crippen molar-refractivity contribution in [1.82, 2.24) is 19.9 Å². The molecule has 7 rings (SSSR count). The van der Waals surface area contributed by atoms with Gasteiger partial charge in [-0.15, -0.1) is 5.10 Å². The minimum Gasteiger partial charge on any atom is -0.497 e. The van der Waals surface area contributed by atoms with Gasteiger partial charge < -0.3 is 9.47 Å². The Balaban J connectivity index is 1.38. The molecule has 1 aliphatic carbocycles. The normalized spacial score (nSPS) is 17.9. The highest BCUT2D eigenvalue weighted by atomic mass is 35.5.